The fraction of sp³-hybridized carbons (Fsp3) is 0.474. The molecule has 25 heavy (non-hydrogen) atoms. The third-order valence-electron chi connectivity index (χ3n) is 4.55. The first-order valence-electron chi connectivity index (χ1n) is 8.67. The highest BCUT2D eigenvalue weighted by Crippen LogP contribution is 2.40. The molecule has 2 aliphatic rings. The van der Waals surface area contributed by atoms with Crippen molar-refractivity contribution in [3.8, 4) is 0 Å². The van der Waals surface area contributed by atoms with Gasteiger partial charge in [0.05, 0.1) is 4.91 Å². The molecule has 2 amide bonds. The van der Waals surface area contributed by atoms with Crippen molar-refractivity contribution in [2.24, 2.45) is 5.92 Å². The van der Waals surface area contributed by atoms with Crippen molar-refractivity contribution in [2.45, 2.75) is 50.4 Å². The highest BCUT2D eigenvalue weighted by molar-refractivity contribution is 8.04. The largest absolute Gasteiger partial charge is 0.354 e. The molecule has 1 aliphatic carbocycles. The smallest absolute Gasteiger partial charge is 0.257 e. The number of amides is 2. The lowest BCUT2D eigenvalue weighted by Gasteiger charge is -2.39. The summed E-state index contributed by atoms with van der Waals surface area (Å²) < 4.78 is 0. The van der Waals surface area contributed by atoms with Crippen LogP contribution in [0.3, 0.4) is 0 Å². The zero-order chi connectivity index (χ0) is 18.0. The van der Waals surface area contributed by atoms with Gasteiger partial charge in [-0.1, -0.05) is 23.7 Å². The van der Waals surface area contributed by atoms with E-state index in [1.807, 2.05) is 44.2 Å². The Kier molecular flexibility index (Phi) is 5.74. The van der Waals surface area contributed by atoms with Crippen molar-refractivity contribution in [1.82, 2.24) is 10.6 Å². The maximum Gasteiger partial charge on any atom is 0.257 e. The maximum absolute atomic E-state index is 12.5. The molecule has 0 radical (unpaired) electrons. The monoisotopic (exact) mass is 378 g/mol. The lowest BCUT2D eigenvalue weighted by atomic mass is 9.84. The summed E-state index contributed by atoms with van der Waals surface area (Å²) in [7, 11) is 0. The van der Waals surface area contributed by atoms with Gasteiger partial charge in [-0.2, -0.15) is 0 Å². The SMILES string of the molecule is CC(C)NC(=O)C1CCC2S/C(=C/c3cccc(Cl)c3)C(=O)NC2C1. The molecule has 2 N–H and O–H groups in total. The number of benzene rings is 1. The number of hydrogen-bond acceptors (Lipinski definition) is 3. The summed E-state index contributed by atoms with van der Waals surface area (Å²) in [4.78, 5) is 25.4. The second kappa shape index (κ2) is 7.83. The fourth-order valence-electron chi connectivity index (χ4n) is 3.38. The topological polar surface area (TPSA) is 58.2 Å². The third-order valence-corrected chi connectivity index (χ3v) is 6.21. The summed E-state index contributed by atoms with van der Waals surface area (Å²) in [6.45, 7) is 3.93. The molecule has 0 bridgehead atoms. The molecule has 0 aromatic heterocycles. The Balaban J connectivity index is 1.67. The van der Waals surface area contributed by atoms with Crippen molar-refractivity contribution >= 4 is 41.3 Å². The minimum absolute atomic E-state index is 0.0111. The molecule has 1 saturated heterocycles. The van der Waals surface area contributed by atoms with E-state index in [4.69, 9.17) is 11.6 Å². The average molecular weight is 379 g/mol. The van der Waals surface area contributed by atoms with Gasteiger partial charge < -0.3 is 10.6 Å². The van der Waals surface area contributed by atoms with Gasteiger partial charge in [0.15, 0.2) is 0 Å². The predicted octanol–water partition coefficient (Wildman–Crippen LogP) is 3.61. The van der Waals surface area contributed by atoms with E-state index >= 15 is 0 Å². The third kappa shape index (κ3) is 4.59. The van der Waals surface area contributed by atoms with Crippen LogP contribution in [0.5, 0.6) is 0 Å². The summed E-state index contributed by atoms with van der Waals surface area (Å²) in [6.07, 6.45) is 4.40. The molecular weight excluding hydrogens is 356 g/mol. The Bertz CT molecular complexity index is 704. The van der Waals surface area contributed by atoms with E-state index in [9.17, 15) is 9.59 Å². The zero-order valence-corrected chi connectivity index (χ0v) is 16.0. The molecular formula is C19H23ClN2O2S. The van der Waals surface area contributed by atoms with E-state index in [2.05, 4.69) is 10.6 Å². The van der Waals surface area contributed by atoms with Crippen LogP contribution in [0.4, 0.5) is 0 Å². The molecule has 1 aliphatic heterocycles. The van der Waals surface area contributed by atoms with Crippen LogP contribution in [0.15, 0.2) is 29.2 Å². The standard InChI is InChI=1S/C19H23ClN2O2S/c1-11(2)21-18(23)13-6-7-16-15(10-13)22-19(24)17(25-16)9-12-4-3-5-14(20)8-12/h3-5,8-9,11,13,15-16H,6-7,10H2,1-2H3,(H,21,23)(H,22,24)/b17-9+. The molecule has 1 saturated carbocycles. The first-order valence-corrected chi connectivity index (χ1v) is 9.93. The van der Waals surface area contributed by atoms with Crippen LogP contribution < -0.4 is 10.6 Å². The number of carbonyl (C=O) groups is 2. The summed E-state index contributed by atoms with van der Waals surface area (Å²) in [5.74, 6) is 0.0344. The highest BCUT2D eigenvalue weighted by atomic mass is 35.5. The number of rotatable bonds is 3. The van der Waals surface area contributed by atoms with Gasteiger partial charge in [0.1, 0.15) is 0 Å². The second-order valence-electron chi connectivity index (χ2n) is 6.97. The maximum atomic E-state index is 12.5. The van der Waals surface area contributed by atoms with Crippen molar-refractivity contribution in [3.63, 3.8) is 0 Å². The van der Waals surface area contributed by atoms with Gasteiger partial charge in [-0.3, -0.25) is 9.59 Å². The van der Waals surface area contributed by atoms with Crippen molar-refractivity contribution < 1.29 is 9.59 Å². The minimum atomic E-state index is -0.0591. The summed E-state index contributed by atoms with van der Waals surface area (Å²) in [6, 6.07) is 7.69. The van der Waals surface area contributed by atoms with E-state index in [1.54, 1.807) is 11.8 Å². The first kappa shape index (κ1) is 18.3. The zero-order valence-electron chi connectivity index (χ0n) is 14.4. The molecule has 3 rings (SSSR count). The van der Waals surface area contributed by atoms with Gasteiger partial charge >= 0.3 is 0 Å². The van der Waals surface area contributed by atoms with Crippen LogP contribution in [-0.2, 0) is 9.59 Å². The second-order valence-corrected chi connectivity index (χ2v) is 8.69. The molecule has 3 atom stereocenters. The van der Waals surface area contributed by atoms with Gasteiger partial charge in [0.25, 0.3) is 5.91 Å². The van der Waals surface area contributed by atoms with E-state index in [0.717, 1.165) is 18.4 Å². The Morgan fingerprint density at radius 3 is 2.92 bits per heavy atom. The molecule has 1 aromatic carbocycles. The molecule has 134 valence electrons. The normalized spacial score (nSPS) is 27.8. The van der Waals surface area contributed by atoms with Gasteiger partial charge in [0, 0.05) is 28.3 Å². The number of carbonyl (C=O) groups excluding carboxylic acids is 2. The number of halogens is 1. The number of hydrogen-bond donors (Lipinski definition) is 2. The lowest BCUT2D eigenvalue weighted by molar-refractivity contribution is -0.127. The van der Waals surface area contributed by atoms with Gasteiger partial charge in [-0.05, 0) is 56.9 Å². The number of nitrogens with one attached hydrogen (secondary N) is 2. The van der Waals surface area contributed by atoms with Crippen LogP contribution >= 0.6 is 23.4 Å². The van der Waals surface area contributed by atoms with E-state index in [0.29, 0.717) is 21.6 Å². The summed E-state index contributed by atoms with van der Waals surface area (Å²) in [5, 5.41) is 7.07. The van der Waals surface area contributed by atoms with Crippen LogP contribution in [0.1, 0.15) is 38.7 Å². The molecule has 1 aromatic rings. The van der Waals surface area contributed by atoms with Gasteiger partial charge in [0.2, 0.25) is 5.91 Å². The van der Waals surface area contributed by atoms with Crippen LogP contribution in [-0.4, -0.2) is 29.1 Å². The summed E-state index contributed by atoms with van der Waals surface area (Å²) in [5.41, 5.74) is 0.925. The molecule has 3 unspecified atom stereocenters. The van der Waals surface area contributed by atoms with Crippen molar-refractivity contribution in [1.29, 1.82) is 0 Å². The first-order chi connectivity index (χ1) is 11.9. The Labute approximate surface area is 157 Å². The average Bonchev–Trinajstić information content (AvgIpc) is 2.54. The number of thioether (sulfide) groups is 1. The fourth-order valence-corrected chi connectivity index (χ4v) is 4.87. The van der Waals surface area contributed by atoms with E-state index < -0.39 is 0 Å². The highest BCUT2D eigenvalue weighted by Gasteiger charge is 2.39. The number of fused-ring (bicyclic) bond motifs is 1. The van der Waals surface area contributed by atoms with E-state index in [1.165, 1.54) is 0 Å². The molecule has 1 heterocycles. The summed E-state index contributed by atoms with van der Waals surface area (Å²) >= 11 is 7.64. The minimum Gasteiger partial charge on any atom is -0.354 e. The molecule has 4 nitrogen and oxygen atoms in total. The molecule has 0 spiro atoms. The van der Waals surface area contributed by atoms with Crippen LogP contribution in [0.25, 0.3) is 6.08 Å². The van der Waals surface area contributed by atoms with Crippen LogP contribution in [0, 0.1) is 5.92 Å². The van der Waals surface area contributed by atoms with Crippen LogP contribution in [0.2, 0.25) is 5.02 Å². The molecule has 2 fully saturated rings. The Hall–Kier alpha value is -1.46. The lowest BCUT2D eigenvalue weighted by Crippen LogP contribution is -2.52. The van der Waals surface area contributed by atoms with Gasteiger partial charge in [-0.15, -0.1) is 11.8 Å². The Morgan fingerprint density at radius 2 is 2.20 bits per heavy atom. The van der Waals surface area contributed by atoms with Gasteiger partial charge in [-0.25, -0.2) is 0 Å². The quantitative estimate of drug-likeness (QED) is 0.790. The van der Waals surface area contributed by atoms with Crippen molar-refractivity contribution in [2.75, 3.05) is 0 Å². The predicted molar refractivity (Wildman–Crippen MR) is 103 cm³/mol. The Morgan fingerprint density at radius 1 is 1.40 bits per heavy atom. The van der Waals surface area contributed by atoms with Crippen molar-refractivity contribution in [3.05, 3.63) is 39.8 Å². The van der Waals surface area contributed by atoms with E-state index in [-0.39, 0.29) is 29.8 Å². The molecule has 6 heteroatoms.